The number of benzene rings is 2. The first-order valence-corrected chi connectivity index (χ1v) is 12.0. The van der Waals surface area contributed by atoms with Gasteiger partial charge < -0.3 is 4.90 Å². The van der Waals surface area contributed by atoms with Crippen LogP contribution in [-0.2, 0) is 11.8 Å². The molecule has 0 aromatic heterocycles. The van der Waals surface area contributed by atoms with Crippen molar-refractivity contribution in [3.8, 4) is 6.07 Å². The van der Waals surface area contributed by atoms with E-state index in [0.717, 1.165) is 50.6 Å². The molecule has 1 aliphatic carbocycles. The molecular weight excluding hydrogens is 383 g/mol. The zero-order chi connectivity index (χ0) is 22.1. The molecule has 2 unspecified atom stereocenters. The van der Waals surface area contributed by atoms with Gasteiger partial charge in [-0.1, -0.05) is 68.7 Å². The second kappa shape index (κ2) is 11.4. The molecule has 0 radical (unpaired) electrons. The van der Waals surface area contributed by atoms with E-state index < -0.39 is 5.41 Å². The molecule has 31 heavy (non-hydrogen) atoms. The normalized spacial score (nSPS) is 17.8. The minimum atomic E-state index is -0.512. The standard InChI is InChI=1S/C28H37FN2/c1-3-27(31(2)21-19-23-10-6-4-7-11-23)18-20-28(22-30,24-12-8-5-9-13-24)25-14-16-26(29)17-15-25/h4,6-7,10-11,14-17,24,27H,3,5,8-9,12-13,18-21H2,1-2H3. The van der Waals surface area contributed by atoms with Gasteiger partial charge in [0.05, 0.1) is 11.5 Å². The maximum absolute atomic E-state index is 13.6. The van der Waals surface area contributed by atoms with Gasteiger partial charge >= 0.3 is 0 Å². The van der Waals surface area contributed by atoms with Crippen LogP contribution in [0.25, 0.3) is 0 Å². The lowest BCUT2D eigenvalue weighted by Gasteiger charge is -2.39. The van der Waals surface area contributed by atoms with Crippen LogP contribution >= 0.6 is 0 Å². The summed E-state index contributed by atoms with van der Waals surface area (Å²) < 4.78 is 13.6. The van der Waals surface area contributed by atoms with Crippen molar-refractivity contribution in [1.82, 2.24) is 4.90 Å². The summed E-state index contributed by atoms with van der Waals surface area (Å²) in [7, 11) is 2.21. The Balaban J connectivity index is 1.73. The molecule has 0 spiro atoms. The Kier molecular flexibility index (Phi) is 8.67. The number of rotatable bonds is 10. The molecule has 1 aliphatic rings. The van der Waals surface area contributed by atoms with E-state index in [9.17, 15) is 9.65 Å². The van der Waals surface area contributed by atoms with Crippen molar-refractivity contribution >= 4 is 0 Å². The third kappa shape index (κ3) is 5.95. The van der Waals surface area contributed by atoms with E-state index in [-0.39, 0.29) is 5.82 Å². The van der Waals surface area contributed by atoms with Crippen molar-refractivity contribution in [1.29, 1.82) is 5.26 Å². The smallest absolute Gasteiger partial charge is 0.123 e. The number of hydrogen-bond donors (Lipinski definition) is 0. The van der Waals surface area contributed by atoms with Gasteiger partial charge in [-0.15, -0.1) is 0 Å². The van der Waals surface area contributed by atoms with Crippen LogP contribution in [0.1, 0.15) is 69.4 Å². The molecule has 1 fully saturated rings. The molecule has 0 bridgehead atoms. The Labute approximate surface area is 188 Å². The molecular formula is C28H37FN2. The van der Waals surface area contributed by atoms with Crippen LogP contribution in [0.2, 0.25) is 0 Å². The minimum absolute atomic E-state index is 0.230. The fourth-order valence-corrected chi connectivity index (χ4v) is 5.40. The number of nitrogens with zero attached hydrogens (tertiary/aromatic N) is 2. The summed E-state index contributed by atoms with van der Waals surface area (Å²) in [6.45, 7) is 3.26. The van der Waals surface area contributed by atoms with E-state index in [1.807, 2.05) is 12.1 Å². The van der Waals surface area contributed by atoms with E-state index in [2.05, 4.69) is 55.3 Å². The second-order valence-electron chi connectivity index (χ2n) is 9.24. The monoisotopic (exact) mass is 420 g/mol. The van der Waals surface area contributed by atoms with Crippen LogP contribution in [0.15, 0.2) is 54.6 Å². The quantitative estimate of drug-likeness (QED) is 0.418. The molecule has 3 heteroatoms. The van der Waals surface area contributed by atoms with Crippen molar-refractivity contribution in [2.75, 3.05) is 13.6 Å². The molecule has 0 saturated heterocycles. The molecule has 166 valence electrons. The van der Waals surface area contributed by atoms with Crippen LogP contribution < -0.4 is 0 Å². The summed E-state index contributed by atoms with van der Waals surface area (Å²) >= 11 is 0. The Morgan fingerprint density at radius 2 is 1.74 bits per heavy atom. The van der Waals surface area contributed by atoms with Crippen LogP contribution in [-0.4, -0.2) is 24.5 Å². The van der Waals surface area contributed by atoms with E-state index in [0.29, 0.717) is 12.0 Å². The molecule has 2 nitrogen and oxygen atoms in total. The summed E-state index contributed by atoms with van der Waals surface area (Å²) in [5.74, 6) is 0.134. The average Bonchev–Trinajstić information content (AvgIpc) is 2.83. The topological polar surface area (TPSA) is 27.0 Å². The molecule has 0 N–H and O–H groups in total. The van der Waals surface area contributed by atoms with E-state index >= 15 is 0 Å². The van der Waals surface area contributed by atoms with Gasteiger partial charge in [0.2, 0.25) is 0 Å². The number of likely N-dealkylation sites (N-methyl/N-ethyl adjacent to an activating group) is 1. The molecule has 0 amide bonds. The summed E-state index contributed by atoms with van der Waals surface area (Å²) in [6.07, 6.45) is 9.81. The van der Waals surface area contributed by atoms with Crippen LogP contribution in [0.5, 0.6) is 0 Å². The number of halogens is 1. The lowest BCUT2D eigenvalue weighted by atomic mass is 9.63. The Morgan fingerprint density at radius 1 is 1.06 bits per heavy atom. The fourth-order valence-electron chi connectivity index (χ4n) is 5.40. The van der Waals surface area contributed by atoms with Gasteiger partial charge in [-0.2, -0.15) is 5.26 Å². The van der Waals surface area contributed by atoms with Crippen LogP contribution in [0.3, 0.4) is 0 Å². The summed E-state index contributed by atoms with van der Waals surface area (Å²) in [5, 5.41) is 10.5. The maximum Gasteiger partial charge on any atom is 0.123 e. The second-order valence-corrected chi connectivity index (χ2v) is 9.24. The van der Waals surface area contributed by atoms with E-state index in [1.165, 1.54) is 37.0 Å². The van der Waals surface area contributed by atoms with Gasteiger partial charge in [-0.05, 0) is 74.8 Å². The van der Waals surface area contributed by atoms with E-state index in [4.69, 9.17) is 0 Å². The highest BCUT2D eigenvalue weighted by Crippen LogP contribution is 2.44. The molecule has 2 atom stereocenters. The highest BCUT2D eigenvalue weighted by Gasteiger charge is 2.41. The Morgan fingerprint density at radius 3 is 2.35 bits per heavy atom. The lowest BCUT2D eigenvalue weighted by molar-refractivity contribution is 0.185. The molecule has 0 heterocycles. The fraction of sp³-hybridized carbons (Fsp3) is 0.536. The minimum Gasteiger partial charge on any atom is -0.303 e. The molecule has 1 saturated carbocycles. The predicted molar refractivity (Wildman–Crippen MR) is 126 cm³/mol. The summed E-state index contributed by atoms with van der Waals surface area (Å²) in [4.78, 5) is 2.46. The third-order valence-corrected chi connectivity index (χ3v) is 7.42. The zero-order valence-corrected chi connectivity index (χ0v) is 19.2. The largest absolute Gasteiger partial charge is 0.303 e. The Hall–Kier alpha value is -2.18. The van der Waals surface area contributed by atoms with Crippen LogP contribution in [0.4, 0.5) is 4.39 Å². The first-order chi connectivity index (χ1) is 15.1. The SMILES string of the molecule is CCC(CCC(C#N)(c1ccc(F)cc1)C1CCCCC1)N(C)CCc1ccccc1. The average molecular weight is 421 g/mol. The maximum atomic E-state index is 13.6. The first-order valence-electron chi connectivity index (χ1n) is 12.0. The van der Waals surface area contributed by atoms with Crippen molar-refractivity contribution < 1.29 is 4.39 Å². The number of nitriles is 1. The van der Waals surface area contributed by atoms with Crippen molar-refractivity contribution in [3.63, 3.8) is 0 Å². The van der Waals surface area contributed by atoms with E-state index in [1.54, 1.807) is 0 Å². The summed E-state index contributed by atoms with van der Waals surface area (Å²) in [6, 6.07) is 20.6. The predicted octanol–water partition coefficient (Wildman–Crippen LogP) is 6.90. The number of hydrogen-bond acceptors (Lipinski definition) is 2. The third-order valence-electron chi connectivity index (χ3n) is 7.42. The van der Waals surface area contributed by atoms with Crippen molar-refractivity contribution in [2.45, 2.75) is 76.2 Å². The van der Waals surface area contributed by atoms with Gasteiger partial charge in [-0.25, -0.2) is 4.39 Å². The van der Waals surface area contributed by atoms with Crippen molar-refractivity contribution in [2.24, 2.45) is 5.92 Å². The molecule has 3 rings (SSSR count). The lowest BCUT2D eigenvalue weighted by Crippen LogP contribution is -2.39. The van der Waals surface area contributed by atoms with Gasteiger partial charge in [0.25, 0.3) is 0 Å². The van der Waals surface area contributed by atoms with Gasteiger partial charge in [-0.3, -0.25) is 0 Å². The summed E-state index contributed by atoms with van der Waals surface area (Å²) in [5.41, 5.74) is 1.86. The van der Waals surface area contributed by atoms with Gasteiger partial charge in [0.15, 0.2) is 0 Å². The van der Waals surface area contributed by atoms with Gasteiger partial charge in [0, 0.05) is 12.6 Å². The Bertz CT molecular complexity index is 820. The first kappa shape index (κ1) is 23.5. The molecule has 2 aromatic carbocycles. The zero-order valence-electron chi connectivity index (χ0n) is 19.2. The van der Waals surface area contributed by atoms with Gasteiger partial charge in [0.1, 0.15) is 5.82 Å². The molecule has 0 aliphatic heterocycles. The molecule has 2 aromatic rings. The highest BCUT2D eigenvalue weighted by atomic mass is 19.1. The van der Waals surface area contributed by atoms with Crippen molar-refractivity contribution in [3.05, 3.63) is 71.5 Å². The highest BCUT2D eigenvalue weighted by molar-refractivity contribution is 5.34. The van der Waals surface area contributed by atoms with Crippen LogP contribution in [0, 0.1) is 23.1 Å².